The summed E-state index contributed by atoms with van der Waals surface area (Å²) in [5.74, 6) is -0.630. The fourth-order valence-electron chi connectivity index (χ4n) is 1.38. The van der Waals surface area contributed by atoms with Crippen molar-refractivity contribution in [2.75, 3.05) is 26.6 Å². The molecule has 18 heavy (non-hydrogen) atoms. The molecular formula is C12H15ClO4S. The van der Waals surface area contributed by atoms with E-state index in [1.807, 2.05) is 6.26 Å². The molecule has 0 amide bonds. The minimum absolute atomic E-state index is 0.0520. The quantitative estimate of drug-likeness (QED) is 0.617. The molecule has 0 aromatic heterocycles. The third-order valence-electron chi connectivity index (χ3n) is 2.25. The second-order valence-electron chi connectivity index (χ2n) is 3.46. The molecule has 0 aliphatic heterocycles. The summed E-state index contributed by atoms with van der Waals surface area (Å²) in [4.78, 5) is 11.8. The molecule has 0 saturated carbocycles. The molecule has 0 saturated heterocycles. The van der Waals surface area contributed by atoms with Crippen molar-refractivity contribution in [2.24, 2.45) is 0 Å². The van der Waals surface area contributed by atoms with Crippen LogP contribution in [0.4, 0.5) is 0 Å². The van der Waals surface area contributed by atoms with E-state index in [0.29, 0.717) is 19.0 Å². The fourth-order valence-corrected chi connectivity index (χ4v) is 2.28. The highest BCUT2D eigenvalue weighted by molar-refractivity contribution is 7.98. The van der Waals surface area contributed by atoms with Crippen molar-refractivity contribution in [1.82, 2.24) is 0 Å². The molecule has 0 atom stereocenters. The molecule has 0 aliphatic carbocycles. The number of thioether (sulfide) groups is 1. The van der Waals surface area contributed by atoms with Crippen LogP contribution in [0.3, 0.4) is 0 Å². The lowest BCUT2D eigenvalue weighted by Gasteiger charge is -2.13. The van der Waals surface area contributed by atoms with Gasteiger partial charge in [0.25, 0.3) is 0 Å². The monoisotopic (exact) mass is 290 g/mol. The highest BCUT2D eigenvalue weighted by atomic mass is 35.5. The zero-order chi connectivity index (χ0) is 13.5. The van der Waals surface area contributed by atoms with Crippen LogP contribution >= 0.6 is 23.4 Å². The number of hydrogen-bond acceptors (Lipinski definition) is 4. The Balaban J connectivity index is 2.91. The Labute approximate surface area is 115 Å². The summed E-state index contributed by atoms with van der Waals surface area (Å²) in [6.45, 7) is 1.02. The number of rotatable bonds is 7. The summed E-state index contributed by atoms with van der Waals surface area (Å²) >= 11 is 7.51. The van der Waals surface area contributed by atoms with Crippen LogP contribution in [-0.2, 0) is 4.74 Å². The molecule has 0 radical (unpaired) electrons. The fraction of sp³-hybridized carbons (Fsp3) is 0.417. The van der Waals surface area contributed by atoms with Gasteiger partial charge < -0.3 is 14.6 Å². The van der Waals surface area contributed by atoms with E-state index >= 15 is 0 Å². The summed E-state index contributed by atoms with van der Waals surface area (Å²) in [6.07, 6.45) is 2.60. The van der Waals surface area contributed by atoms with Gasteiger partial charge in [-0.15, -0.1) is 11.8 Å². The number of carboxylic acid groups (broad SMARTS) is 1. The van der Waals surface area contributed by atoms with E-state index in [0.717, 1.165) is 11.3 Å². The van der Waals surface area contributed by atoms with Gasteiger partial charge in [-0.1, -0.05) is 11.6 Å². The van der Waals surface area contributed by atoms with Crippen molar-refractivity contribution in [2.45, 2.75) is 11.3 Å². The predicted molar refractivity (Wildman–Crippen MR) is 72.2 cm³/mol. The van der Waals surface area contributed by atoms with Gasteiger partial charge in [0.1, 0.15) is 0 Å². The normalized spacial score (nSPS) is 10.4. The molecule has 0 spiro atoms. The number of ether oxygens (including phenoxy) is 2. The Morgan fingerprint density at radius 3 is 2.72 bits per heavy atom. The van der Waals surface area contributed by atoms with Crippen LogP contribution in [0.25, 0.3) is 0 Å². The Hall–Kier alpha value is -0.910. The molecule has 6 heteroatoms. The summed E-state index contributed by atoms with van der Waals surface area (Å²) < 4.78 is 10.5. The number of hydrogen-bond donors (Lipinski definition) is 1. The smallest absolute Gasteiger partial charge is 0.337 e. The second kappa shape index (κ2) is 7.51. The van der Waals surface area contributed by atoms with Crippen molar-refractivity contribution in [3.8, 4) is 5.75 Å². The van der Waals surface area contributed by atoms with Gasteiger partial charge in [-0.3, -0.25) is 0 Å². The number of methoxy groups -OCH3 is 1. The summed E-state index contributed by atoms with van der Waals surface area (Å²) in [5, 5.41) is 9.14. The van der Waals surface area contributed by atoms with Gasteiger partial charge in [0.15, 0.2) is 5.75 Å². The van der Waals surface area contributed by atoms with Gasteiger partial charge in [-0.05, 0) is 18.4 Å². The maximum Gasteiger partial charge on any atom is 0.337 e. The molecular weight excluding hydrogens is 276 g/mol. The molecule has 0 heterocycles. The highest BCUT2D eigenvalue weighted by Gasteiger charge is 2.17. The summed E-state index contributed by atoms with van der Waals surface area (Å²) in [6, 6.07) is 3.18. The predicted octanol–water partition coefficient (Wildman–Crippen LogP) is 3.18. The summed E-state index contributed by atoms with van der Waals surface area (Å²) in [5.41, 5.74) is 0.0520. The third-order valence-corrected chi connectivity index (χ3v) is 3.39. The van der Waals surface area contributed by atoms with E-state index in [-0.39, 0.29) is 10.6 Å². The molecule has 1 aromatic carbocycles. The zero-order valence-corrected chi connectivity index (χ0v) is 11.8. The minimum Gasteiger partial charge on any atom is -0.491 e. The number of carbonyl (C=O) groups is 1. The Kier molecular flexibility index (Phi) is 6.32. The molecule has 1 aromatic rings. The number of carboxylic acids is 1. The highest BCUT2D eigenvalue weighted by Crippen LogP contribution is 2.37. The van der Waals surface area contributed by atoms with Gasteiger partial charge in [0, 0.05) is 20.1 Å². The average molecular weight is 291 g/mol. The van der Waals surface area contributed by atoms with Crippen LogP contribution in [0.2, 0.25) is 5.02 Å². The lowest BCUT2D eigenvalue weighted by molar-refractivity contribution is 0.0696. The molecule has 0 fully saturated rings. The molecule has 1 N–H and O–H groups in total. The first-order chi connectivity index (χ1) is 8.61. The Morgan fingerprint density at radius 1 is 1.44 bits per heavy atom. The Morgan fingerprint density at radius 2 is 2.17 bits per heavy atom. The number of halogens is 1. The first-order valence-corrected chi connectivity index (χ1v) is 6.93. The van der Waals surface area contributed by atoms with Crippen LogP contribution in [0.15, 0.2) is 17.0 Å². The van der Waals surface area contributed by atoms with E-state index in [2.05, 4.69) is 0 Å². The maximum absolute atomic E-state index is 11.0. The van der Waals surface area contributed by atoms with E-state index in [9.17, 15) is 4.79 Å². The molecule has 0 bridgehead atoms. The standard InChI is InChI=1S/C12H15ClO4S/c1-16-6-3-7-17-11-9(18-2)5-4-8(10(11)13)12(14)15/h4-5H,3,6-7H2,1-2H3,(H,14,15). The van der Waals surface area contributed by atoms with Crippen LogP contribution in [0.1, 0.15) is 16.8 Å². The van der Waals surface area contributed by atoms with E-state index < -0.39 is 5.97 Å². The first kappa shape index (κ1) is 15.1. The van der Waals surface area contributed by atoms with E-state index in [1.165, 1.54) is 17.8 Å². The second-order valence-corrected chi connectivity index (χ2v) is 4.68. The lowest BCUT2D eigenvalue weighted by atomic mass is 10.2. The van der Waals surface area contributed by atoms with Gasteiger partial charge in [0.2, 0.25) is 0 Å². The first-order valence-electron chi connectivity index (χ1n) is 5.33. The molecule has 0 unspecified atom stereocenters. The van der Waals surface area contributed by atoms with Crippen molar-refractivity contribution in [1.29, 1.82) is 0 Å². The molecule has 100 valence electrons. The van der Waals surface area contributed by atoms with Gasteiger partial charge in [0.05, 0.1) is 22.1 Å². The summed E-state index contributed by atoms with van der Waals surface area (Å²) in [7, 11) is 1.62. The van der Waals surface area contributed by atoms with E-state index in [4.69, 9.17) is 26.2 Å². The Bertz CT molecular complexity index is 423. The molecule has 1 rings (SSSR count). The van der Waals surface area contributed by atoms with Gasteiger partial charge >= 0.3 is 5.97 Å². The molecule has 4 nitrogen and oxygen atoms in total. The zero-order valence-electron chi connectivity index (χ0n) is 10.2. The van der Waals surface area contributed by atoms with Crippen LogP contribution in [0, 0.1) is 0 Å². The van der Waals surface area contributed by atoms with Crippen LogP contribution in [-0.4, -0.2) is 37.7 Å². The average Bonchev–Trinajstić information content (AvgIpc) is 2.35. The SMILES string of the molecule is COCCCOc1c(SC)ccc(C(=O)O)c1Cl. The van der Waals surface area contributed by atoms with Crippen molar-refractivity contribution >= 4 is 29.3 Å². The third kappa shape index (κ3) is 3.80. The minimum atomic E-state index is -1.06. The van der Waals surface area contributed by atoms with Crippen molar-refractivity contribution in [3.63, 3.8) is 0 Å². The van der Waals surface area contributed by atoms with Crippen molar-refractivity contribution < 1.29 is 19.4 Å². The maximum atomic E-state index is 11.0. The van der Waals surface area contributed by atoms with Crippen LogP contribution in [0.5, 0.6) is 5.75 Å². The lowest BCUT2D eigenvalue weighted by Crippen LogP contribution is -2.05. The largest absolute Gasteiger partial charge is 0.491 e. The number of aromatic carboxylic acids is 1. The molecule has 0 aliphatic rings. The van der Waals surface area contributed by atoms with Gasteiger partial charge in [-0.25, -0.2) is 4.79 Å². The van der Waals surface area contributed by atoms with E-state index in [1.54, 1.807) is 13.2 Å². The topological polar surface area (TPSA) is 55.8 Å². The number of benzene rings is 1. The van der Waals surface area contributed by atoms with Gasteiger partial charge in [-0.2, -0.15) is 0 Å². The van der Waals surface area contributed by atoms with Crippen LogP contribution < -0.4 is 4.74 Å². The van der Waals surface area contributed by atoms with Crippen molar-refractivity contribution in [3.05, 3.63) is 22.7 Å².